The molecule has 0 radical (unpaired) electrons. The van der Waals surface area contributed by atoms with Gasteiger partial charge in [-0.15, -0.1) is 0 Å². The van der Waals surface area contributed by atoms with Crippen LogP contribution < -0.4 is 10.0 Å². The number of nitrogens with one attached hydrogen (secondary N) is 2. The van der Waals surface area contributed by atoms with Crippen LogP contribution in [0.3, 0.4) is 0 Å². The van der Waals surface area contributed by atoms with Gasteiger partial charge in [-0.1, -0.05) is 12.1 Å². The van der Waals surface area contributed by atoms with E-state index in [2.05, 4.69) is 20.0 Å². The molecule has 34 heavy (non-hydrogen) atoms. The van der Waals surface area contributed by atoms with Crippen LogP contribution in [0.15, 0.2) is 65.8 Å². The lowest BCUT2D eigenvalue weighted by Gasteiger charge is -2.43. The molecule has 2 aliphatic carbocycles. The predicted octanol–water partition coefficient (Wildman–Crippen LogP) is 4.27. The van der Waals surface area contributed by atoms with Crippen LogP contribution in [0.5, 0.6) is 0 Å². The second kappa shape index (κ2) is 7.80. The standard InChI is InChI=1S/C25H24N4O4S/c30-24(31)15-4-2-14(3-5-15)23-22-17-7-6-16(12-17)21(22)19-13-18(8-9-20(19)28-23)34(32,33)29-25-26-10-1-11-27-25/h1-5,8-11,13,16-17,21-23,28H,6-7,12H2,(H,30,31)(H,26,27,29)/t16-,17-,21+,22-,23-/m0/s1. The Morgan fingerprint density at radius 2 is 1.76 bits per heavy atom. The molecule has 5 atom stereocenters. The van der Waals surface area contributed by atoms with Crippen molar-refractivity contribution in [2.24, 2.45) is 17.8 Å². The smallest absolute Gasteiger partial charge is 0.335 e. The molecule has 0 unspecified atom stereocenters. The van der Waals surface area contributed by atoms with E-state index >= 15 is 0 Å². The lowest BCUT2D eigenvalue weighted by molar-refractivity contribution is 0.0697. The van der Waals surface area contributed by atoms with Crippen LogP contribution in [-0.2, 0) is 10.0 Å². The van der Waals surface area contributed by atoms with Crippen molar-refractivity contribution in [1.29, 1.82) is 0 Å². The zero-order valence-corrected chi connectivity index (χ0v) is 19.1. The van der Waals surface area contributed by atoms with Gasteiger partial charge in [-0.3, -0.25) is 0 Å². The fraction of sp³-hybridized carbons (Fsp3) is 0.320. The second-order valence-electron chi connectivity index (χ2n) is 9.41. The number of benzene rings is 2. The van der Waals surface area contributed by atoms with Gasteiger partial charge < -0.3 is 10.4 Å². The van der Waals surface area contributed by atoms with E-state index < -0.39 is 16.0 Å². The van der Waals surface area contributed by atoms with E-state index in [4.69, 9.17) is 0 Å². The Hall–Kier alpha value is -3.46. The lowest BCUT2D eigenvalue weighted by atomic mass is 9.68. The van der Waals surface area contributed by atoms with E-state index in [9.17, 15) is 18.3 Å². The van der Waals surface area contributed by atoms with E-state index in [1.54, 1.807) is 30.3 Å². The average molecular weight is 477 g/mol. The molecule has 3 aliphatic rings. The number of aromatic nitrogens is 2. The Labute approximate surface area is 197 Å². The quantitative estimate of drug-likeness (QED) is 0.503. The summed E-state index contributed by atoms with van der Waals surface area (Å²) in [5.41, 5.74) is 3.33. The molecule has 2 saturated carbocycles. The lowest BCUT2D eigenvalue weighted by Crippen LogP contribution is -2.35. The van der Waals surface area contributed by atoms with Crippen LogP contribution in [0.4, 0.5) is 11.6 Å². The number of fused-ring (bicyclic) bond motifs is 7. The predicted molar refractivity (Wildman–Crippen MR) is 126 cm³/mol. The number of carbonyl (C=O) groups is 1. The number of carboxylic acid groups (broad SMARTS) is 1. The molecule has 8 nitrogen and oxygen atoms in total. The summed E-state index contributed by atoms with van der Waals surface area (Å²) in [5, 5.41) is 12.9. The van der Waals surface area contributed by atoms with Gasteiger partial charge in [-0.05, 0) is 90.5 Å². The summed E-state index contributed by atoms with van der Waals surface area (Å²) < 4.78 is 28.6. The maximum absolute atomic E-state index is 13.1. The summed E-state index contributed by atoms with van der Waals surface area (Å²) in [6, 6.07) is 14.1. The first-order valence-corrected chi connectivity index (χ1v) is 12.9. The van der Waals surface area contributed by atoms with Crippen molar-refractivity contribution in [2.45, 2.75) is 36.1 Å². The molecule has 2 aromatic carbocycles. The summed E-state index contributed by atoms with van der Waals surface area (Å²) in [5.74, 6) is 0.805. The van der Waals surface area contributed by atoms with Gasteiger partial charge in [0.05, 0.1) is 16.5 Å². The van der Waals surface area contributed by atoms with Crippen LogP contribution in [0.2, 0.25) is 0 Å². The van der Waals surface area contributed by atoms with Crippen LogP contribution in [0.1, 0.15) is 52.7 Å². The Balaban J connectivity index is 1.37. The number of carboxylic acids is 1. The maximum Gasteiger partial charge on any atom is 0.335 e. The number of rotatable bonds is 5. The fourth-order valence-electron chi connectivity index (χ4n) is 6.33. The topological polar surface area (TPSA) is 121 Å². The minimum atomic E-state index is -3.83. The Kier molecular flexibility index (Phi) is 4.84. The molecule has 2 fully saturated rings. The third-order valence-corrected chi connectivity index (χ3v) is 9.00. The van der Waals surface area contributed by atoms with Crippen molar-refractivity contribution in [3.8, 4) is 0 Å². The first kappa shape index (κ1) is 21.1. The van der Waals surface area contributed by atoms with E-state index in [1.807, 2.05) is 18.2 Å². The van der Waals surface area contributed by atoms with Gasteiger partial charge in [0.15, 0.2) is 0 Å². The highest BCUT2D eigenvalue weighted by atomic mass is 32.2. The van der Waals surface area contributed by atoms with Gasteiger partial charge in [-0.25, -0.2) is 27.9 Å². The van der Waals surface area contributed by atoms with Crippen LogP contribution in [0, 0.1) is 17.8 Å². The molecule has 2 heterocycles. The number of aromatic carboxylic acids is 1. The highest BCUT2D eigenvalue weighted by Crippen LogP contribution is 2.63. The number of hydrogen-bond donors (Lipinski definition) is 3. The summed E-state index contributed by atoms with van der Waals surface area (Å²) in [6.07, 6.45) is 6.46. The van der Waals surface area contributed by atoms with E-state index in [1.165, 1.54) is 18.8 Å². The zero-order valence-electron chi connectivity index (χ0n) is 18.3. The van der Waals surface area contributed by atoms with Crippen molar-refractivity contribution in [3.63, 3.8) is 0 Å². The normalized spacial score (nSPS) is 26.9. The van der Waals surface area contributed by atoms with Gasteiger partial charge in [0.1, 0.15) is 0 Å². The first-order valence-electron chi connectivity index (χ1n) is 11.4. The summed E-state index contributed by atoms with van der Waals surface area (Å²) in [4.78, 5) is 19.4. The molecule has 174 valence electrons. The van der Waals surface area contributed by atoms with Crippen molar-refractivity contribution in [3.05, 3.63) is 77.6 Å². The molecule has 6 rings (SSSR count). The molecule has 0 amide bonds. The van der Waals surface area contributed by atoms with E-state index in [-0.39, 0.29) is 28.4 Å². The second-order valence-corrected chi connectivity index (χ2v) is 11.1. The van der Waals surface area contributed by atoms with E-state index in [0.29, 0.717) is 17.8 Å². The Morgan fingerprint density at radius 1 is 1.03 bits per heavy atom. The number of anilines is 2. The van der Waals surface area contributed by atoms with Crippen molar-refractivity contribution in [2.75, 3.05) is 10.0 Å². The Bertz CT molecular complexity index is 1360. The van der Waals surface area contributed by atoms with Crippen LogP contribution in [0.25, 0.3) is 0 Å². The summed E-state index contributed by atoms with van der Waals surface area (Å²) in [6.45, 7) is 0. The average Bonchev–Trinajstić information content (AvgIpc) is 3.46. The van der Waals surface area contributed by atoms with Gasteiger partial charge in [0, 0.05) is 18.1 Å². The van der Waals surface area contributed by atoms with Gasteiger partial charge in [0.2, 0.25) is 5.95 Å². The maximum atomic E-state index is 13.1. The fourth-order valence-corrected chi connectivity index (χ4v) is 7.32. The molecule has 1 aromatic heterocycles. The number of nitrogens with zero attached hydrogens (tertiary/aromatic N) is 2. The molecule has 0 spiro atoms. The summed E-state index contributed by atoms with van der Waals surface area (Å²) >= 11 is 0. The molecule has 2 bridgehead atoms. The minimum Gasteiger partial charge on any atom is -0.478 e. The van der Waals surface area contributed by atoms with Crippen molar-refractivity contribution in [1.82, 2.24) is 9.97 Å². The Morgan fingerprint density at radius 3 is 2.50 bits per heavy atom. The van der Waals surface area contributed by atoms with Gasteiger partial charge >= 0.3 is 5.97 Å². The third kappa shape index (κ3) is 3.42. The molecular weight excluding hydrogens is 452 g/mol. The number of hydrogen-bond acceptors (Lipinski definition) is 6. The molecule has 9 heteroatoms. The minimum absolute atomic E-state index is 0.0426. The number of sulfonamides is 1. The zero-order chi connectivity index (χ0) is 23.4. The highest BCUT2D eigenvalue weighted by Gasteiger charge is 2.53. The van der Waals surface area contributed by atoms with Crippen molar-refractivity contribution >= 4 is 27.6 Å². The SMILES string of the molecule is O=C(O)c1ccc([C@@H]2Nc3ccc(S(=O)(=O)Nc4ncccn4)cc3[C@H]3[C@H]4CC[C@@H](C4)[C@@H]32)cc1. The highest BCUT2D eigenvalue weighted by molar-refractivity contribution is 7.92. The monoisotopic (exact) mass is 476 g/mol. The van der Waals surface area contributed by atoms with E-state index in [0.717, 1.165) is 29.7 Å². The van der Waals surface area contributed by atoms with Gasteiger partial charge in [-0.2, -0.15) is 0 Å². The molecule has 3 N–H and O–H groups in total. The van der Waals surface area contributed by atoms with Crippen molar-refractivity contribution < 1.29 is 18.3 Å². The summed E-state index contributed by atoms with van der Waals surface area (Å²) in [7, 11) is -3.83. The molecule has 0 saturated heterocycles. The molecule has 1 aliphatic heterocycles. The molecular formula is C25H24N4O4S. The van der Waals surface area contributed by atoms with Crippen LogP contribution >= 0.6 is 0 Å². The largest absolute Gasteiger partial charge is 0.478 e. The van der Waals surface area contributed by atoms with Gasteiger partial charge in [0.25, 0.3) is 10.0 Å². The first-order chi connectivity index (χ1) is 16.4. The third-order valence-electron chi connectivity index (χ3n) is 7.68. The van der Waals surface area contributed by atoms with Crippen LogP contribution in [-0.4, -0.2) is 29.5 Å². The molecule has 3 aromatic rings.